The van der Waals surface area contributed by atoms with Crippen LogP contribution in [-0.4, -0.2) is 30.4 Å². The van der Waals surface area contributed by atoms with Gasteiger partial charge in [0.2, 0.25) is 10.0 Å². The van der Waals surface area contributed by atoms with Gasteiger partial charge in [0.1, 0.15) is 10.7 Å². The van der Waals surface area contributed by atoms with Crippen molar-refractivity contribution in [3.05, 3.63) is 28.0 Å². The normalized spacial score (nSPS) is 20.4. The lowest BCUT2D eigenvalue weighted by Crippen LogP contribution is -2.38. The molecule has 7 heteroatoms. The first kappa shape index (κ1) is 16.9. The Balaban J connectivity index is 2.52. The summed E-state index contributed by atoms with van der Waals surface area (Å²) in [7, 11) is -3.90. The van der Waals surface area contributed by atoms with Crippen LogP contribution in [0.1, 0.15) is 32.3 Å². The fourth-order valence-electron chi connectivity index (χ4n) is 2.78. The van der Waals surface area contributed by atoms with Gasteiger partial charge < -0.3 is 5.11 Å². The summed E-state index contributed by atoms with van der Waals surface area (Å²) in [5.41, 5.74) is -0.0248. The van der Waals surface area contributed by atoms with Crippen LogP contribution in [-0.2, 0) is 16.6 Å². The van der Waals surface area contributed by atoms with Crippen molar-refractivity contribution in [2.24, 2.45) is 5.92 Å². The first-order valence-corrected chi connectivity index (χ1v) is 9.13. The van der Waals surface area contributed by atoms with Crippen LogP contribution in [0.5, 0.6) is 0 Å². The minimum atomic E-state index is -3.90. The molecule has 1 saturated heterocycles. The van der Waals surface area contributed by atoms with E-state index in [0.29, 0.717) is 11.0 Å². The smallest absolute Gasteiger partial charge is 0.246 e. The third-order valence-corrected chi connectivity index (χ3v) is 6.24. The highest BCUT2D eigenvalue weighted by Crippen LogP contribution is 2.33. The molecule has 0 spiro atoms. The lowest BCUT2D eigenvalue weighted by Gasteiger charge is -2.27. The fourth-order valence-corrected chi connectivity index (χ4v) is 5.40. The Morgan fingerprint density at radius 1 is 1.48 bits per heavy atom. The Bertz CT molecular complexity index is 633. The van der Waals surface area contributed by atoms with Crippen molar-refractivity contribution in [2.45, 2.75) is 44.2 Å². The summed E-state index contributed by atoms with van der Waals surface area (Å²) in [6.07, 6.45) is 1.57. The average molecular weight is 380 g/mol. The third kappa shape index (κ3) is 3.16. The molecule has 1 aromatic carbocycles. The van der Waals surface area contributed by atoms with E-state index in [1.807, 2.05) is 13.8 Å². The third-order valence-electron chi connectivity index (χ3n) is 3.85. The molecule has 1 aromatic rings. The van der Waals surface area contributed by atoms with Gasteiger partial charge in [0.15, 0.2) is 0 Å². The molecule has 118 valence electrons. The number of rotatable bonds is 4. The summed E-state index contributed by atoms with van der Waals surface area (Å²) < 4.78 is 41.7. The molecule has 1 unspecified atom stereocenters. The summed E-state index contributed by atoms with van der Waals surface area (Å²) in [4.78, 5) is -0.367. The number of hydrogen-bond acceptors (Lipinski definition) is 3. The molecular formula is C14H19BrFNO3S. The standard InChI is InChI=1S/C14H19BrFNO3S/c1-9(2)12-4-3-5-17(12)21(19,20)13-7-11(15)6-10(8-18)14(13)16/h6-7,9,12,18H,3-5,8H2,1-2H3. The Morgan fingerprint density at radius 3 is 2.71 bits per heavy atom. The van der Waals surface area contributed by atoms with Crippen LogP contribution in [0, 0.1) is 11.7 Å². The molecule has 0 aliphatic carbocycles. The van der Waals surface area contributed by atoms with Crippen molar-refractivity contribution in [1.29, 1.82) is 0 Å². The molecule has 1 fully saturated rings. The molecule has 0 aromatic heterocycles. The zero-order valence-corrected chi connectivity index (χ0v) is 14.4. The monoisotopic (exact) mass is 379 g/mol. The molecule has 1 heterocycles. The summed E-state index contributed by atoms with van der Waals surface area (Å²) in [6.45, 7) is 3.80. The zero-order chi connectivity index (χ0) is 15.8. The molecular weight excluding hydrogens is 361 g/mol. The highest BCUT2D eigenvalue weighted by molar-refractivity contribution is 9.10. The number of aliphatic hydroxyl groups excluding tert-OH is 1. The van der Waals surface area contributed by atoms with E-state index in [9.17, 15) is 12.8 Å². The molecule has 0 radical (unpaired) electrons. The molecule has 0 amide bonds. The van der Waals surface area contributed by atoms with Gasteiger partial charge >= 0.3 is 0 Å². The van der Waals surface area contributed by atoms with E-state index in [-0.39, 0.29) is 22.4 Å². The maximum Gasteiger partial charge on any atom is 0.246 e. The lowest BCUT2D eigenvalue weighted by molar-refractivity contribution is 0.274. The number of sulfonamides is 1. The van der Waals surface area contributed by atoms with Crippen LogP contribution in [0.2, 0.25) is 0 Å². The molecule has 1 aliphatic rings. The average Bonchev–Trinajstić information content (AvgIpc) is 2.91. The van der Waals surface area contributed by atoms with E-state index in [1.165, 1.54) is 16.4 Å². The molecule has 0 saturated carbocycles. The van der Waals surface area contributed by atoms with Gasteiger partial charge in [-0.05, 0) is 30.9 Å². The molecule has 2 rings (SSSR count). The van der Waals surface area contributed by atoms with Crippen molar-refractivity contribution in [3.63, 3.8) is 0 Å². The Kier molecular flexibility index (Phi) is 5.07. The quantitative estimate of drug-likeness (QED) is 0.874. The molecule has 1 aliphatic heterocycles. The van der Waals surface area contributed by atoms with E-state index in [2.05, 4.69) is 15.9 Å². The largest absolute Gasteiger partial charge is 0.392 e. The maximum atomic E-state index is 14.3. The second-order valence-electron chi connectivity index (χ2n) is 5.60. The fraction of sp³-hybridized carbons (Fsp3) is 0.571. The second-order valence-corrected chi connectivity index (χ2v) is 8.38. The molecule has 4 nitrogen and oxygen atoms in total. The predicted molar refractivity (Wildman–Crippen MR) is 81.8 cm³/mol. The summed E-state index contributed by atoms with van der Waals surface area (Å²) >= 11 is 3.17. The van der Waals surface area contributed by atoms with Crippen LogP contribution in [0.3, 0.4) is 0 Å². The van der Waals surface area contributed by atoms with Crippen molar-refractivity contribution in [1.82, 2.24) is 4.31 Å². The van der Waals surface area contributed by atoms with Gasteiger partial charge in [0.05, 0.1) is 6.61 Å². The summed E-state index contributed by atoms with van der Waals surface area (Å²) in [6, 6.07) is 2.54. The number of nitrogens with zero attached hydrogens (tertiary/aromatic N) is 1. The minimum Gasteiger partial charge on any atom is -0.392 e. The summed E-state index contributed by atoms with van der Waals surface area (Å²) in [5.74, 6) is -0.690. The zero-order valence-electron chi connectivity index (χ0n) is 12.0. The lowest BCUT2D eigenvalue weighted by atomic mass is 10.0. The van der Waals surface area contributed by atoms with Crippen LogP contribution < -0.4 is 0 Å². The Morgan fingerprint density at radius 2 is 2.14 bits per heavy atom. The molecule has 1 atom stereocenters. The topological polar surface area (TPSA) is 57.6 Å². The molecule has 1 N–H and O–H groups in total. The molecule has 21 heavy (non-hydrogen) atoms. The molecule has 0 bridgehead atoms. The van der Waals surface area contributed by atoms with Crippen molar-refractivity contribution in [2.75, 3.05) is 6.54 Å². The Labute approximate surface area is 133 Å². The van der Waals surface area contributed by atoms with Gasteiger partial charge in [-0.15, -0.1) is 0 Å². The predicted octanol–water partition coefficient (Wildman–Crippen LogP) is 2.89. The van der Waals surface area contributed by atoms with Crippen LogP contribution in [0.15, 0.2) is 21.5 Å². The van der Waals surface area contributed by atoms with E-state index in [0.717, 1.165) is 12.8 Å². The number of halogens is 2. The SMILES string of the molecule is CC(C)C1CCCN1S(=O)(=O)c1cc(Br)cc(CO)c1F. The van der Waals surface area contributed by atoms with Crippen LogP contribution in [0.25, 0.3) is 0 Å². The first-order chi connectivity index (χ1) is 9.78. The van der Waals surface area contributed by atoms with Crippen molar-refractivity contribution in [3.8, 4) is 0 Å². The van der Waals surface area contributed by atoms with Crippen LogP contribution in [0.4, 0.5) is 4.39 Å². The van der Waals surface area contributed by atoms with E-state index in [4.69, 9.17) is 5.11 Å². The van der Waals surface area contributed by atoms with Crippen molar-refractivity contribution < 1.29 is 17.9 Å². The number of hydrogen-bond donors (Lipinski definition) is 1. The van der Waals surface area contributed by atoms with Gasteiger partial charge in [-0.25, -0.2) is 12.8 Å². The second kappa shape index (κ2) is 6.32. The van der Waals surface area contributed by atoms with E-state index >= 15 is 0 Å². The highest BCUT2D eigenvalue weighted by Gasteiger charge is 2.38. The number of aliphatic hydroxyl groups is 1. The van der Waals surface area contributed by atoms with Gasteiger partial charge in [-0.3, -0.25) is 0 Å². The maximum absolute atomic E-state index is 14.3. The first-order valence-electron chi connectivity index (χ1n) is 6.89. The van der Waals surface area contributed by atoms with Gasteiger partial charge in [-0.2, -0.15) is 4.31 Å². The van der Waals surface area contributed by atoms with Gasteiger partial charge in [0.25, 0.3) is 0 Å². The van der Waals surface area contributed by atoms with Crippen molar-refractivity contribution >= 4 is 26.0 Å². The minimum absolute atomic E-state index is 0.0248. The van der Waals surface area contributed by atoms with E-state index < -0.39 is 22.4 Å². The summed E-state index contributed by atoms with van der Waals surface area (Å²) in [5, 5.41) is 9.17. The van der Waals surface area contributed by atoms with Gasteiger partial charge in [0, 0.05) is 22.6 Å². The van der Waals surface area contributed by atoms with Gasteiger partial charge in [-0.1, -0.05) is 29.8 Å². The Hall–Kier alpha value is -0.500. The van der Waals surface area contributed by atoms with E-state index in [1.54, 1.807) is 0 Å². The highest BCUT2D eigenvalue weighted by atomic mass is 79.9. The van der Waals surface area contributed by atoms with Crippen LogP contribution >= 0.6 is 15.9 Å². The number of benzene rings is 1.